The van der Waals surface area contributed by atoms with Gasteiger partial charge in [0.05, 0.1) is 0 Å². The van der Waals surface area contributed by atoms with Gasteiger partial charge in [0.2, 0.25) is 0 Å². The monoisotopic (exact) mass is 524 g/mol. The predicted octanol–water partition coefficient (Wildman–Crippen LogP) is 5.89. The van der Waals surface area contributed by atoms with Gasteiger partial charge in [-0.1, -0.05) is 66.2 Å². The number of hydrogen-bond donors (Lipinski definition) is 1. The molecule has 4 aromatic carbocycles. The summed E-state index contributed by atoms with van der Waals surface area (Å²) in [6.07, 6.45) is 1.28. The Morgan fingerprint density at radius 2 is 1.55 bits per heavy atom. The molecule has 0 bridgehead atoms. The van der Waals surface area contributed by atoms with Crippen molar-refractivity contribution in [1.29, 1.82) is 5.26 Å². The number of amides is 1. The van der Waals surface area contributed by atoms with Crippen LogP contribution in [0.2, 0.25) is 0 Å². The first-order valence-corrected chi connectivity index (χ1v) is 13.0. The van der Waals surface area contributed by atoms with Crippen molar-refractivity contribution >= 4 is 27.8 Å². The quantitative estimate of drug-likeness (QED) is 0.166. The zero-order valence-electron chi connectivity index (χ0n) is 20.5. The van der Waals surface area contributed by atoms with Gasteiger partial charge in [0.15, 0.2) is 0 Å². The van der Waals surface area contributed by atoms with Crippen LogP contribution in [0.4, 0.5) is 5.69 Å². The molecular formula is C30H24N2O5S. The van der Waals surface area contributed by atoms with E-state index in [0.717, 1.165) is 11.1 Å². The third-order valence-corrected chi connectivity index (χ3v) is 6.70. The topological polar surface area (TPSA) is 105 Å². The second kappa shape index (κ2) is 11.9. The number of carbonyl (C=O) groups excluding carboxylic acids is 1. The Morgan fingerprint density at radius 3 is 2.24 bits per heavy atom. The van der Waals surface area contributed by atoms with E-state index in [-0.39, 0.29) is 21.8 Å². The van der Waals surface area contributed by atoms with Crippen molar-refractivity contribution in [2.24, 2.45) is 0 Å². The third kappa shape index (κ3) is 6.87. The lowest BCUT2D eigenvalue weighted by Crippen LogP contribution is -2.14. The first kappa shape index (κ1) is 26.2. The molecule has 190 valence electrons. The van der Waals surface area contributed by atoms with Gasteiger partial charge < -0.3 is 14.2 Å². The molecule has 4 aromatic rings. The highest BCUT2D eigenvalue weighted by Gasteiger charge is 2.19. The van der Waals surface area contributed by atoms with Gasteiger partial charge in [0.25, 0.3) is 5.91 Å². The summed E-state index contributed by atoms with van der Waals surface area (Å²) in [6, 6.07) is 30.9. The van der Waals surface area contributed by atoms with Gasteiger partial charge in [0, 0.05) is 11.3 Å². The zero-order valence-corrected chi connectivity index (χ0v) is 21.3. The standard InChI is InChI=1S/C30H24N2O5S/c1-22-11-17-28(18-12-22)38(34,35)37-29-10-6-5-9-24(29)19-25(20-31)30(33)32-26-13-15-27(16-14-26)36-21-23-7-3-2-4-8-23/h2-19H,21H2,1H3,(H,32,33)/b25-19+. The summed E-state index contributed by atoms with van der Waals surface area (Å²) in [6.45, 7) is 2.26. The van der Waals surface area contributed by atoms with Crippen LogP contribution in [0.15, 0.2) is 114 Å². The minimum atomic E-state index is -4.12. The SMILES string of the molecule is Cc1ccc(S(=O)(=O)Oc2ccccc2/C=C(\C#N)C(=O)Nc2ccc(OCc3ccccc3)cc2)cc1. The molecule has 0 saturated carbocycles. The van der Waals surface area contributed by atoms with Gasteiger partial charge >= 0.3 is 10.1 Å². The summed E-state index contributed by atoms with van der Waals surface area (Å²) < 4.78 is 36.6. The highest BCUT2D eigenvalue weighted by atomic mass is 32.2. The summed E-state index contributed by atoms with van der Waals surface area (Å²) >= 11 is 0. The van der Waals surface area contributed by atoms with E-state index in [4.69, 9.17) is 8.92 Å². The normalized spacial score (nSPS) is 11.3. The van der Waals surface area contributed by atoms with Crippen LogP contribution in [-0.4, -0.2) is 14.3 Å². The number of para-hydroxylation sites is 1. The fraction of sp³-hybridized carbons (Fsp3) is 0.0667. The third-order valence-electron chi connectivity index (χ3n) is 5.45. The van der Waals surface area contributed by atoms with Crippen molar-refractivity contribution in [3.8, 4) is 17.6 Å². The fourth-order valence-corrected chi connectivity index (χ4v) is 4.38. The Morgan fingerprint density at radius 1 is 0.895 bits per heavy atom. The van der Waals surface area contributed by atoms with Crippen LogP contribution in [0.25, 0.3) is 6.08 Å². The molecule has 0 aliphatic carbocycles. The van der Waals surface area contributed by atoms with Gasteiger partial charge in [-0.25, -0.2) is 0 Å². The number of anilines is 1. The number of rotatable bonds is 9. The molecular weight excluding hydrogens is 500 g/mol. The molecule has 0 atom stereocenters. The molecule has 0 spiro atoms. The van der Waals surface area contributed by atoms with Crippen molar-refractivity contribution in [3.05, 3.63) is 125 Å². The van der Waals surface area contributed by atoms with Crippen molar-refractivity contribution in [1.82, 2.24) is 0 Å². The molecule has 7 nitrogen and oxygen atoms in total. The summed E-state index contributed by atoms with van der Waals surface area (Å²) in [7, 11) is -4.12. The van der Waals surface area contributed by atoms with Gasteiger partial charge in [-0.2, -0.15) is 13.7 Å². The number of nitrogens with one attached hydrogen (secondary N) is 1. The Kier molecular flexibility index (Phi) is 8.21. The lowest BCUT2D eigenvalue weighted by atomic mass is 10.1. The Bertz CT molecular complexity index is 1590. The van der Waals surface area contributed by atoms with Crippen LogP contribution in [0.3, 0.4) is 0 Å². The van der Waals surface area contributed by atoms with Crippen LogP contribution >= 0.6 is 0 Å². The maximum atomic E-state index is 12.8. The largest absolute Gasteiger partial charge is 0.489 e. The highest BCUT2D eigenvalue weighted by Crippen LogP contribution is 2.26. The Hall–Kier alpha value is -4.87. The van der Waals surface area contributed by atoms with E-state index in [9.17, 15) is 18.5 Å². The highest BCUT2D eigenvalue weighted by molar-refractivity contribution is 7.87. The molecule has 0 aliphatic rings. The van der Waals surface area contributed by atoms with E-state index in [1.165, 1.54) is 24.3 Å². The van der Waals surface area contributed by atoms with E-state index < -0.39 is 16.0 Å². The minimum Gasteiger partial charge on any atom is -0.489 e. The molecule has 4 rings (SSSR count). The minimum absolute atomic E-state index is 0.00340. The van der Waals surface area contributed by atoms with E-state index in [1.54, 1.807) is 54.6 Å². The van der Waals surface area contributed by atoms with Crippen LogP contribution in [0.5, 0.6) is 11.5 Å². The molecule has 0 unspecified atom stereocenters. The summed E-state index contributed by atoms with van der Waals surface area (Å²) in [5.41, 5.74) is 2.45. The summed E-state index contributed by atoms with van der Waals surface area (Å²) in [4.78, 5) is 12.8. The number of ether oxygens (including phenoxy) is 1. The van der Waals surface area contributed by atoms with Crippen molar-refractivity contribution in [2.45, 2.75) is 18.4 Å². The number of hydrogen-bond acceptors (Lipinski definition) is 6. The van der Waals surface area contributed by atoms with Crippen LogP contribution in [-0.2, 0) is 21.5 Å². The van der Waals surface area contributed by atoms with Crippen LogP contribution < -0.4 is 14.2 Å². The molecule has 0 aliphatic heterocycles. The first-order valence-electron chi connectivity index (χ1n) is 11.6. The zero-order chi connectivity index (χ0) is 27.0. The molecule has 0 aromatic heterocycles. The molecule has 38 heavy (non-hydrogen) atoms. The number of nitriles is 1. The van der Waals surface area contributed by atoms with Crippen LogP contribution in [0, 0.1) is 18.3 Å². The van der Waals surface area contributed by atoms with Crippen LogP contribution in [0.1, 0.15) is 16.7 Å². The smallest absolute Gasteiger partial charge is 0.339 e. The summed E-state index contributed by atoms with van der Waals surface area (Å²) in [5.74, 6) is -0.0287. The van der Waals surface area contributed by atoms with Crippen molar-refractivity contribution < 1.29 is 22.1 Å². The fourth-order valence-electron chi connectivity index (χ4n) is 3.42. The number of nitrogens with zero attached hydrogens (tertiary/aromatic N) is 1. The number of benzene rings is 4. The molecule has 8 heteroatoms. The van der Waals surface area contributed by atoms with Crippen molar-refractivity contribution in [2.75, 3.05) is 5.32 Å². The summed E-state index contributed by atoms with van der Waals surface area (Å²) in [5, 5.41) is 12.3. The molecule has 0 fully saturated rings. The van der Waals surface area contributed by atoms with Crippen molar-refractivity contribution in [3.63, 3.8) is 0 Å². The second-order valence-electron chi connectivity index (χ2n) is 8.31. The Labute approximate surface area is 221 Å². The van der Waals surface area contributed by atoms with Gasteiger partial charge in [-0.05, 0) is 61.0 Å². The van der Waals surface area contributed by atoms with Gasteiger partial charge in [-0.15, -0.1) is 0 Å². The van der Waals surface area contributed by atoms with Gasteiger partial charge in [0.1, 0.15) is 34.6 Å². The molecule has 0 saturated heterocycles. The average molecular weight is 525 g/mol. The van der Waals surface area contributed by atoms with Gasteiger partial charge in [-0.3, -0.25) is 4.79 Å². The molecule has 1 amide bonds. The van der Waals surface area contributed by atoms with E-state index in [0.29, 0.717) is 18.0 Å². The lowest BCUT2D eigenvalue weighted by Gasteiger charge is -2.11. The average Bonchev–Trinajstić information content (AvgIpc) is 2.93. The maximum absolute atomic E-state index is 12.8. The first-order chi connectivity index (χ1) is 18.3. The number of carbonyl (C=O) groups is 1. The van der Waals surface area contributed by atoms with E-state index >= 15 is 0 Å². The molecule has 0 heterocycles. The Balaban J connectivity index is 1.46. The van der Waals surface area contributed by atoms with E-state index in [1.807, 2.05) is 43.3 Å². The predicted molar refractivity (Wildman–Crippen MR) is 145 cm³/mol. The second-order valence-corrected chi connectivity index (χ2v) is 9.86. The molecule has 0 radical (unpaired) electrons. The van der Waals surface area contributed by atoms with E-state index in [2.05, 4.69) is 5.32 Å². The number of aryl methyl sites for hydroxylation is 1. The lowest BCUT2D eigenvalue weighted by molar-refractivity contribution is -0.112. The maximum Gasteiger partial charge on any atom is 0.339 e. The molecule has 1 N–H and O–H groups in total.